The highest BCUT2D eigenvalue weighted by Crippen LogP contribution is 2.40. The molecular weight excluding hydrogens is 324 g/mol. The van der Waals surface area contributed by atoms with Crippen LogP contribution in [0.1, 0.15) is 23.8 Å². The second kappa shape index (κ2) is 5.76. The van der Waals surface area contributed by atoms with E-state index in [1.165, 1.54) is 0 Å². The molecule has 1 aromatic heterocycles. The molecule has 0 fully saturated rings. The summed E-state index contributed by atoms with van der Waals surface area (Å²) in [6.07, 6.45) is 4.65. The smallest absolute Gasteiger partial charge is 0.175 e. The lowest BCUT2D eigenvalue weighted by Gasteiger charge is -2.15. The number of nitrogens with zero attached hydrogens (tertiary/aromatic N) is 2. The first kappa shape index (κ1) is 13.3. The Kier molecular flexibility index (Phi) is 3.84. The maximum Gasteiger partial charge on any atom is 0.175 e. The van der Waals surface area contributed by atoms with Gasteiger partial charge in [-0.2, -0.15) is 0 Å². The first-order valence-corrected chi connectivity index (χ1v) is 7.08. The molecule has 1 unspecified atom stereocenters. The molecular formula is C14H13BrN2O3. The molecule has 0 saturated carbocycles. The number of hydrogen-bond donors (Lipinski definition) is 1. The molecule has 5 nitrogen and oxygen atoms in total. The summed E-state index contributed by atoms with van der Waals surface area (Å²) in [6.45, 7) is 1.22. The van der Waals surface area contributed by atoms with Gasteiger partial charge in [0, 0.05) is 18.8 Å². The van der Waals surface area contributed by atoms with Crippen LogP contribution in [0.15, 0.2) is 35.2 Å². The van der Waals surface area contributed by atoms with Gasteiger partial charge in [0.1, 0.15) is 6.10 Å². The summed E-state index contributed by atoms with van der Waals surface area (Å²) in [4.78, 5) is 8.08. The minimum absolute atomic E-state index is 0.494. The monoisotopic (exact) mass is 336 g/mol. The maximum atomic E-state index is 10.4. The van der Waals surface area contributed by atoms with E-state index in [4.69, 9.17) is 9.47 Å². The number of benzene rings is 1. The average molecular weight is 337 g/mol. The van der Waals surface area contributed by atoms with Crippen LogP contribution in [0.3, 0.4) is 0 Å². The zero-order valence-electron chi connectivity index (χ0n) is 10.6. The van der Waals surface area contributed by atoms with Crippen molar-refractivity contribution < 1.29 is 14.6 Å². The zero-order chi connectivity index (χ0) is 13.9. The molecule has 2 heterocycles. The van der Waals surface area contributed by atoms with Crippen molar-refractivity contribution in [2.24, 2.45) is 0 Å². The van der Waals surface area contributed by atoms with Crippen LogP contribution in [0.4, 0.5) is 0 Å². The minimum Gasteiger partial charge on any atom is -0.490 e. The highest BCUT2D eigenvalue weighted by atomic mass is 79.9. The standard InChI is InChI=1S/C14H13BrN2O3/c15-10-6-9(13(18)11-8-16-2-3-17-11)7-12-14(10)20-5-1-4-19-12/h2-3,6-8,13,18H,1,4-5H2. The zero-order valence-corrected chi connectivity index (χ0v) is 12.2. The molecule has 3 rings (SSSR count). The van der Waals surface area contributed by atoms with Gasteiger partial charge in [0.15, 0.2) is 11.5 Å². The van der Waals surface area contributed by atoms with E-state index in [1.54, 1.807) is 24.7 Å². The number of aliphatic hydroxyl groups excluding tert-OH is 1. The van der Waals surface area contributed by atoms with Crippen LogP contribution in [0.25, 0.3) is 0 Å². The molecule has 0 aliphatic carbocycles. The van der Waals surface area contributed by atoms with Crippen LogP contribution in [0.2, 0.25) is 0 Å². The van der Waals surface area contributed by atoms with Crippen molar-refractivity contribution in [1.82, 2.24) is 9.97 Å². The molecule has 1 aliphatic heterocycles. The molecule has 0 bridgehead atoms. The summed E-state index contributed by atoms with van der Waals surface area (Å²) in [7, 11) is 0. The van der Waals surface area contributed by atoms with E-state index in [1.807, 2.05) is 6.07 Å². The predicted molar refractivity (Wildman–Crippen MR) is 75.8 cm³/mol. The molecule has 0 amide bonds. The topological polar surface area (TPSA) is 64.5 Å². The summed E-state index contributed by atoms with van der Waals surface area (Å²) in [5, 5.41) is 10.4. The fourth-order valence-corrected chi connectivity index (χ4v) is 2.61. The number of hydrogen-bond acceptors (Lipinski definition) is 5. The SMILES string of the molecule is OC(c1cc(Br)c2c(c1)OCCCO2)c1cnccn1. The van der Waals surface area contributed by atoms with Gasteiger partial charge in [0.05, 0.1) is 29.6 Å². The molecule has 0 saturated heterocycles. The van der Waals surface area contributed by atoms with Gasteiger partial charge in [-0.3, -0.25) is 9.97 Å². The predicted octanol–water partition coefficient (Wildman–Crippen LogP) is 2.48. The van der Waals surface area contributed by atoms with Crippen molar-refractivity contribution in [3.63, 3.8) is 0 Å². The van der Waals surface area contributed by atoms with E-state index in [9.17, 15) is 5.11 Å². The lowest BCUT2D eigenvalue weighted by atomic mass is 10.1. The number of rotatable bonds is 2. The second-order valence-electron chi connectivity index (χ2n) is 4.41. The van der Waals surface area contributed by atoms with Crippen LogP contribution >= 0.6 is 15.9 Å². The van der Waals surface area contributed by atoms with Crippen LogP contribution in [0.5, 0.6) is 11.5 Å². The molecule has 20 heavy (non-hydrogen) atoms. The molecule has 1 aromatic carbocycles. The fraction of sp³-hybridized carbons (Fsp3) is 0.286. The molecule has 0 spiro atoms. The summed E-state index contributed by atoms with van der Waals surface area (Å²) in [5.41, 5.74) is 1.18. The Morgan fingerprint density at radius 1 is 1.20 bits per heavy atom. The van der Waals surface area contributed by atoms with E-state index in [2.05, 4.69) is 25.9 Å². The Bertz CT molecular complexity index is 607. The molecule has 1 atom stereocenters. The van der Waals surface area contributed by atoms with Gasteiger partial charge in [0.2, 0.25) is 0 Å². The number of aromatic nitrogens is 2. The average Bonchev–Trinajstić information content (AvgIpc) is 2.73. The van der Waals surface area contributed by atoms with Crippen molar-refractivity contribution in [2.45, 2.75) is 12.5 Å². The Balaban J connectivity index is 1.99. The highest BCUT2D eigenvalue weighted by Gasteiger charge is 2.20. The lowest BCUT2D eigenvalue weighted by Crippen LogP contribution is -2.04. The van der Waals surface area contributed by atoms with Crippen LogP contribution in [0, 0.1) is 0 Å². The number of fused-ring (bicyclic) bond motifs is 1. The molecule has 6 heteroatoms. The van der Waals surface area contributed by atoms with Gasteiger partial charge in [-0.1, -0.05) is 0 Å². The third-order valence-electron chi connectivity index (χ3n) is 3.00. The van der Waals surface area contributed by atoms with Crippen molar-refractivity contribution in [2.75, 3.05) is 13.2 Å². The van der Waals surface area contributed by atoms with Gasteiger partial charge < -0.3 is 14.6 Å². The summed E-state index contributed by atoms with van der Waals surface area (Å²) >= 11 is 3.46. The number of ether oxygens (including phenoxy) is 2. The Morgan fingerprint density at radius 2 is 2.05 bits per heavy atom. The first-order valence-electron chi connectivity index (χ1n) is 6.29. The lowest BCUT2D eigenvalue weighted by molar-refractivity contribution is 0.214. The van der Waals surface area contributed by atoms with Gasteiger partial charge in [-0.05, 0) is 33.6 Å². The quantitative estimate of drug-likeness (QED) is 0.912. The fourth-order valence-electron chi connectivity index (χ4n) is 2.03. The molecule has 0 radical (unpaired) electrons. The second-order valence-corrected chi connectivity index (χ2v) is 5.27. The molecule has 1 aliphatic rings. The Labute approximate surface area is 124 Å². The summed E-state index contributed by atoms with van der Waals surface area (Å²) in [5.74, 6) is 1.31. The van der Waals surface area contributed by atoms with Crippen LogP contribution in [-0.2, 0) is 0 Å². The van der Waals surface area contributed by atoms with E-state index in [0.717, 1.165) is 10.9 Å². The molecule has 104 valence electrons. The van der Waals surface area contributed by atoms with E-state index >= 15 is 0 Å². The molecule has 2 aromatic rings. The van der Waals surface area contributed by atoms with E-state index in [0.29, 0.717) is 36.0 Å². The maximum absolute atomic E-state index is 10.4. The van der Waals surface area contributed by atoms with E-state index in [-0.39, 0.29) is 0 Å². The van der Waals surface area contributed by atoms with Crippen molar-refractivity contribution in [1.29, 1.82) is 0 Å². The Hall–Kier alpha value is -1.66. The highest BCUT2D eigenvalue weighted by molar-refractivity contribution is 9.10. The van der Waals surface area contributed by atoms with Gasteiger partial charge >= 0.3 is 0 Å². The normalized spacial score (nSPS) is 15.5. The van der Waals surface area contributed by atoms with Crippen LogP contribution in [-0.4, -0.2) is 28.3 Å². The van der Waals surface area contributed by atoms with Gasteiger partial charge in [-0.15, -0.1) is 0 Å². The van der Waals surface area contributed by atoms with Crippen molar-refractivity contribution in [3.8, 4) is 11.5 Å². The first-order chi connectivity index (χ1) is 9.75. The number of halogens is 1. The summed E-state index contributed by atoms with van der Waals surface area (Å²) in [6, 6.07) is 3.59. The van der Waals surface area contributed by atoms with Crippen molar-refractivity contribution in [3.05, 3.63) is 46.5 Å². The van der Waals surface area contributed by atoms with Crippen molar-refractivity contribution >= 4 is 15.9 Å². The summed E-state index contributed by atoms with van der Waals surface area (Å²) < 4.78 is 12.1. The van der Waals surface area contributed by atoms with E-state index < -0.39 is 6.10 Å². The third-order valence-corrected chi connectivity index (χ3v) is 3.59. The van der Waals surface area contributed by atoms with Gasteiger partial charge in [0.25, 0.3) is 0 Å². The van der Waals surface area contributed by atoms with Crippen LogP contribution < -0.4 is 9.47 Å². The largest absolute Gasteiger partial charge is 0.490 e. The third kappa shape index (κ3) is 2.62. The van der Waals surface area contributed by atoms with Gasteiger partial charge in [-0.25, -0.2) is 0 Å². The molecule has 1 N–H and O–H groups in total. The Morgan fingerprint density at radius 3 is 2.85 bits per heavy atom. The number of aliphatic hydroxyl groups is 1. The minimum atomic E-state index is -0.850.